The summed E-state index contributed by atoms with van der Waals surface area (Å²) in [6, 6.07) is 8.35. The molecule has 3 rings (SSSR count). The van der Waals surface area contributed by atoms with Crippen LogP contribution in [0.3, 0.4) is 0 Å². The van der Waals surface area contributed by atoms with E-state index < -0.39 is 0 Å². The van der Waals surface area contributed by atoms with Gasteiger partial charge < -0.3 is 14.8 Å². The first kappa shape index (κ1) is 16.8. The van der Waals surface area contributed by atoms with Crippen molar-refractivity contribution in [2.24, 2.45) is 0 Å². The van der Waals surface area contributed by atoms with Crippen LogP contribution in [0.5, 0.6) is 0 Å². The van der Waals surface area contributed by atoms with E-state index in [0.717, 1.165) is 24.8 Å². The van der Waals surface area contributed by atoms with Crippen LogP contribution in [0, 0.1) is 6.92 Å². The van der Waals surface area contributed by atoms with E-state index in [2.05, 4.69) is 37.4 Å². The maximum Gasteiger partial charge on any atom is 0.287 e. The van der Waals surface area contributed by atoms with Gasteiger partial charge in [-0.05, 0) is 54.9 Å². The predicted octanol–water partition coefficient (Wildman–Crippen LogP) is 4.01. The molecule has 0 saturated heterocycles. The van der Waals surface area contributed by atoms with Crippen molar-refractivity contribution in [2.75, 3.05) is 0 Å². The third-order valence-corrected chi connectivity index (χ3v) is 4.79. The van der Waals surface area contributed by atoms with Crippen molar-refractivity contribution in [3.8, 4) is 0 Å². The van der Waals surface area contributed by atoms with Crippen LogP contribution >= 0.6 is 0 Å². The lowest BCUT2D eigenvalue weighted by molar-refractivity contribution is 0.0899. The number of rotatable bonds is 4. The second-order valence-electron chi connectivity index (χ2n) is 6.91. The monoisotopic (exact) mass is 327 g/mol. The molecule has 0 radical (unpaired) electrons. The molecule has 1 aromatic carbocycles. The summed E-state index contributed by atoms with van der Waals surface area (Å²) in [6.07, 6.45) is 3.07. The number of benzene rings is 1. The predicted molar refractivity (Wildman–Crippen MR) is 93.0 cm³/mol. The first-order valence-electron chi connectivity index (χ1n) is 8.63. The molecule has 1 aliphatic carbocycles. The third kappa shape index (κ3) is 3.24. The van der Waals surface area contributed by atoms with Crippen LogP contribution in [0.1, 0.15) is 77.2 Å². The lowest BCUT2D eigenvalue weighted by Gasteiger charge is -2.27. The van der Waals surface area contributed by atoms with Gasteiger partial charge in [0.15, 0.2) is 5.76 Å². The molecule has 0 fully saturated rings. The van der Waals surface area contributed by atoms with Crippen LogP contribution in [-0.4, -0.2) is 11.0 Å². The van der Waals surface area contributed by atoms with Crippen molar-refractivity contribution in [1.82, 2.24) is 5.32 Å². The van der Waals surface area contributed by atoms with E-state index in [9.17, 15) is 4.79 Å². The summed E-state index contributed by atoms with van der Waals surface area (Å²) in [5, 5.41) is 12.3. The van der Waals surface area contributed by atoms with Crippen molar-refractivity contribution in [3.63, 3.8) is 0 Å². The van der Waals surface area contributed by atoms with E-state index in [1.807, 2.05) is 6.92 Å². The highest BCUT2D eigenvalue weighted by Gasteiger charge is 2.25. The minimum Gasteiger partial charge on any atom is -0.453 e. The molecular formula is C20H25NO3. The lowest BCUT2D eigenvalue weighted by atomic mass is 9.85. The number of aryl methyl sites for hydroxylation is 2. The normalized spacial score (nSPS) is 17.0. The van der Waals surface area contributed by atoms with Crippen molar-refractivity contribution in [1.29, 1.82) is 0 Å². The highest BCUT2D eigenvalue weighted by atomic mass is 16.4. The number of aliphatic hydroxyl groups is 1. The summed E-state index contributed by atoms with van der Waals surface area (Å²) in [4.78, 5) is 12.6. The highest BCUT2D eigenvalue weighted by Crippen LogP contribution is 2.32. The molecular weight excluding hydrogens is 302 g/mol. The van der Waals surface area contributed by atoms with Gasteiger partial charge in [0.25, 0.3) is 5.91 Å². The largest absolute Gasteiger partial charge is 0.453 e. The van der Waals surface area contributed by atoms with Crippen LogP contribution in [0.25, 0.3) is 0 Å². The molecule has 0 unspecified atom stereocenters. The van der Waals surface area contributed by atoms with Crippen molar-refractivity contribution in [2.45, 2.75) is 58.6 Å². The van der Waals surface area contributed by atoms with E-state index in [1.54, 1.807) is 6.07 Å². The minimum absolute atomic E-state index is 0.0158. The second-order valence-corrected chi connectivity index (χ2v) is 6.91. The number of furan rings is 1. The second kappa shape index (κ2) is 6.81. The Morgan fingerprint density at radius 3 is 2.83 bits per heavy atom. The standard InChI is InChI=1S/C20H25NO3/c1-12(2)15-8-7-14-5-4-6-18(17(14)10-15)21-20(23)19-13(3)9-16(11-22)24-19/h7-10,12,18,22H,4-6,11H2,1-3H3,(H,21,23)/t18-/m1/s1. The average Bonchev–Trinajstić information content (AvgIpc) is 2.96. The van der Waals surface area contributed by atoms with Gasteiger partial charge in [-0.1, -0.05) is 32.0 Å². The zero-order chi connectivity index (χ0) is 17.3. The Morgan fingerprint density at radius 1 is 1.38 bits per heavy atom. The van der Waals surface area contributed by atoms with Gasteiger partial charge in [0, 0.05) is 5.56 Å². The quantitative estimate of drug-likeness (QED) is 0.892. The zero-order valence-electron chi connectivity index (χ0n) is 14.6. The van der Waals surface area contributed by atoms with Gasteiger partial charge >= 0.3 is 0 Å². The van der Waals surface area contributed by atoms with Gasteiger partial charge in [0.05, 0.1) is 6.04 Å². The Labute approximate surface area is 142 Å². The van der Waals surface area contributed by atoms with Crippen molar-refractivity contribution >= 4 is 5.91 Å². The average molecular weight is 327 g/mol. The number of amides is 1. The van der Waals surface area contributed by atoms with Crippen LogP contribution in [-0.2, 0) is 13.0 Å². The van der Waals surface area contributed by atoms with Gasteiger partial charge in [-0.15, -0.1) is 0 Å². The molecule has 0 aliphatic heterocycles. The molecule has 1 aromatic heterocycles. The molecule has 2 aromatic rings. The minimum atomic E-state index is -0.208. The van der Waals surface area contributed by atoms with E-state index in [1.165, 1.54) is 16.7 Å². The van der Waals surface area contributed by atoms with E-state index >= 15 is 0 Å². The molecule has 1 atom stereocenters. The fraction of sp³-hybridized carbons (Fsp3) is 0.450. The Morgan fingerprint density at radius 2 is 2.17 bits per heavy atom. The summed E-state index contributed by atoms with van der Waals surface area (Å²) in [6.45, 7) is 5.99. The highest BCUT2D eigenvalue weighted by molar-refractivity contribution is 5.93. The Hall–Kier alpha value is -2.07. The molecule has 1 heterocycles. The number of hydrogen-bond donors (Lipinski definition) is 2. The summed E-state index contributed by atoms with van der Waals surface area (Å²) in [7, 11) is 0. The van der Waals surface area contributed by atoms with Crippen LogP contribution in [0.15, 0.2) is 28.7 Å². The summed E-state index contributed by atoms with van der Waals surface area (Å²) >= 11 is 0. The maximum atomic E-state index is 12.6. The molecule has 0 bridgehead atoms. The number of fused-ring (bicyclic) bond motifs is 1. The number of nitrogens with one attached hydrogen (secondary N) is 1. The first-order chi connectivity index (χ1) is 11.5. The van der Waals surface area contributed by atoms with Crippen molar-refractivity contribution in [3.05, 3.63) is 58.0 Å². The van der Waals surface area contributed by atoms with E-state index in [-0.39, 0.29) is 18.6 Å². The smallest absolute Gasteiger partial charge is 0.287 e. The van der Waals surface area contributed by atoms with Gasteiger partial charge in [-0.3, -0.25) is 4.79 Å². The first-order valence-corrected chi connectivity index (χ1v) is 8.63. The van der Waals surface area contributed by atoms with Crippen molar-refractivity contribution < 1.29 is 14.3 Å². The van der Waals surface area contributed by atoms with E-state index in [4.69, 9.17) is 9.52 Å². The van der Waals surface area contributed by atoms with Crippen LogP contribution in [0.2, 0.25) is 0 Å². The molecule has 4 heteroatoms. The fourth-order valence-electron chi connectivity index (χ4n) is 3.40. The van der Waals surface area contributed by atoms with Crippen LogP contribution < -0.4 is 5.32 Å². The topological polar surface area (TPSA) is 62.5 Å². The number of hydrogen-bond acceptors (Lipinski definition) is 3. The maximum absolute atomic E-state index is 12.6. The molecule has 1 amide bonds. The number of carbonyl (C=O) groups is 1. The molecule has 4 nitrogen and oxygen atoms in total. The number of carbonyl (C=O) groups excluding carboxylic acids is 1. The Kier molecular flexibility index (Phi) is 4.76. The molecule has 0 saturated carbocycles. The Balaban J connectivity index is 1.85. The van der Waals surface area contributed by atoms with Gasteiger partial charge in [0.1, 0.15) is 12.4 Å². The summed E-state index contributed by atoms with van der Waals surface area (Å²) < 4.78 is 5.45. The van der Waals surface area contributed by atoms with Gasteiger partial charge in [-0.2, -0.15) is 0 Å². The van der Waals surface area contributed by atoms with Crippen LogP contribution in [0.4, 0.5) is 0 Å². The molecule has 1 aliphatic rings. The Bertz CT molecular complexity index is 745. The fourth-order valence-corrected chi connectivity index (χ4v) is 3.40. The zero-order valence-corrected chi connectivity index (χ0v) is 14.6. The molecule has 0 spiro atoms. The summed E-state index contributed by atoms with van der Waals surface area (Å²) in [5.41, 5.74) is 4.60. The molecule has 128 valence electrons. The third-order valence-electron chi connectivity index (χ3n) is 4.79. The molecule has 24 heavy (non-hydrogen) atoms. The summed E-state index contributed by atoms with van der Waals surface area (Å²) in [5.74, 6) is 0.975. The lowest BCUT2D eigenvalue weighted by Crippen LogP contribution is -2.31. The SMILES string of the molecule is Cc1cc(CO)oc1C(=O)N[C@@H]1CCCc2ccc(C(C)C)cc21. The number of aliphatic hydroxyl groups excluding tert-OH is 1. The van der Waals surface area contributed by atoms with Gasteiger partial charge in [-0.25, -0.2) is 0 Å². The van der Waals surface area contributed by atoms with Gasteiger partial charge in [0.2, 0.25) is 0 Å². The van der Waals surface area contributed by atoms with E-state index in [0.29, 0.717) is 17.4 Å². The molecule has 2 N–H and O–H groups in total.